The molecule has 1 aromatic rings. The molecule has 17 heavy (non-hydrogen) atoms. The average Bonchev–Trinajstić information content (AvgIpc) is 2.29. The van der Waals surface area contributed by atoms with Crippen LogP contribution in [0.5, 0.6) is 5.75 Å². The number of sulfonamides is 1. The van der Waals surface area contributed by atoms with E-state index in [2.05, 4.69) is 22.4 Å². The molecule has 1 aromatic carbocycles. The second-order valence-corrected chi connectivity index (χ2v) is 5.66. The van der Waals surface area contributed by atoms with E-state index in [1.165, 1.54) is 39.4 Å². The zero-order valence-corrected chi connectivity index (χ0v) is 11.3. The quantitative estimate of drug-likeness (QED) is 0.618. The summed E-state index contributed by atoms with van der Waals surface area (Å²) in [6.45, 7) is 0. The third kappa shape index (κ3) is 2.89. The summed E-state index contributed by atoms with van der Waals surface area (Å²) in [5.41, 5.74) is 0.338. The first-order valence-electron chi connectivity index (χ1n) is 4.62. The van der Waals surface area contributed by atoms with E-state index < -0.39 is 10.0 Å². The summed E-state index contributed by atoms with van der Waals surface area (Å²) in [6, 6.07) is 4.38. The summed E-state index contributed by atoms with van der Waals surface area (Å²) in [5, 5.41) is 2.19. The molecule has 0 aliphatic carbocycles. The lowest BCUT2D eigenvalue weighted by molar-refractivity contribution is 0.416. The van der Waals surface area contributed by atoms with Crippen LogP contribution in [-0.4, -0.2) is 39.1 Å². The van der Waals surface area contributed by atoms with Gasteiger partial charge in [-0.25, -0.2) is 12.7 Å². The van der Waals surface area contributed by atoms with Crippen molar-refractivity contribution in [3.8, 4) is 5.75 Å². The van der Waals surface area contributed by atoms with E-state index in [0.717, 1.165) is 4.31 Å². The maximum Gasteiger partial charge on any atom is 0.242 e. The van der Waals surface area contributed by atoms with Crippen LogP contribution in [-0.2, 0) is 10.0 Å². The number of hydrogen-bond acceptors (Lipinski definition) is 5. The lowest BCUT2D eigenvalue weighted by Gasteiger charge is -2.12. The maximum absolute atomic E-state index is 11.9. The van der Waals surface area contributed by atoms with Gasteiger partial charge in [0, 0.05) is 14.1 Å². The van der Waals surface area contributed by atoms with Crippen LogP contribution < -0.4 is 4.74 Å². The molecule has 5 nitrogen and oxygen atoms in total. The number of isothiocyanates is 1. The fraction of sp³-hybridized carbons (Fsp3) is 0.300. The molecule has 1 rings (SSSR count). The lowest BCUT2D eigenvalue weighted by atomic mass is 10.3. The van der Waals surface area contributed by atoms with E-state index in [4.69, 9.17) is 4.74 Å². The molecular weight excluding hydrogens is 260 g/mol. The molecule has 0 atom stereocenters. The van der Waals surface area contributed by atoms with Crippen molar-refractivity contribution in [2.75, 3.05) is 21.2 Å². The summed E-state index contributed by atoms with van der Waals surface area (Å²) >= 11 is 4.50. The second-order valence-electron chi connectivity index (χ2n) is 3.32. The summed E-state index contributed by atoms with van der Waals surface area (Å²) in [6.07, 6.45) is 0. The highest BCUT2D eigenvalue weighted by atomic mass is 32.2. The van der Waals surface area contributed by atoms with Crippen molar-refractivity contribution in [3.63, 3.8) is 0 Å². The van der Waals surface area contributed by atoms with Crippen LogP contribution in [0.15, 0.2) is 28.1 Å². The predicted molar refractivity (Wildman–Crippen MR) is 68.6 cm³/mol. The smallest absolute Gasteiger partial charge is 0.242 e. The van der Waals surface area contributed by atoms with Gasteiger partial charge < -0.3 is 4.74 Å². The maximum atomic E-state index is 11.9. The topological polar surface area (TPSA) is 59.0 Å². The van der Waals surface area contributed by atoms with Gasteiger partial charge in [0.2, 0.25) is 10.0 Å². The van der Waals surface area contributed by atoms with E-state index in [1.54, 1.807) is 0 Å². The van der Waals surface area contributed by atoms with Gasteiger partial charge >= 0.3 is 0 Å². The third-order valence-electron chi connectivity index (χ3n) is 2.09. The van der Waals surface area contributed by atoms with E-state index >= 15 is 0 Å². The summed E-state index contributed by atoms with van der Waals surface area (Å²) < 4.78 is 29.9. The first kappa shape index (κ1) is 13.8. The monoisotopic (exact) mass is 272 g/mol. The molecule has 0 amide bonds. The minimum atomic E-state index is -3.49. The van der Waals surface area contributed by atoms with Gasteiger partial charge in [-0.05, 0) is 30.4 Å². The van der Waals surface area contributed by atoms with Gasteiger partial charge in [0.25, 0.3) is 0 Å². The van der Waals surface area contributed by atoms with Crippen LogP contribution in [0.25, 0.3) is 0 Å². The highest BCUT2D eigenvalue weighted by Gasteiger charge is 2.18. The van der Waals surface area contributed by atoms with E-state index in [0.29, 0.717) is 11.4 Å². The number of hydrogen-bond donors (Lipinski definition) is 0. The number of benzene rings is 1. The largest absolute Gasteiger partial charge is 0.494 e. The zero-order chi connectivity index (χ0) is 13.1. The Balaban J connectivity index is 3.41. The molecule has 0 saturated heterocycles. The SMILES string of the molecule is COc1ccc(S(=O)(=O)N(C)C)cc1N=C=S. The van der Waals surface area contributed by atoms with Crippen molar-refractivity contribution in [2.24, 2.45) is 4.99 Å². The predicted octanol–water partition coefficient (Wildman–Crippen LogP) is 1.68. The number of rotatable bonds is 4. The van der Waals surface area contributed by atoms with Crippen LogP contribution in [0.2, 0.25) is 0 Å². The minimum Gasteiger partial charge on any atom is -0.494 e. The van der Waals surface area contributed by atoms with Crippen molar-refractivity contribution in [3.05, 3.63) is 18.2 Å². The Labute approximate surface area is 106 Å². The third-order valence-corrected chi connectivity index (χ3v) is 4.00. The molecule has 0 bridgehead atoms. The molecule has 0 fully saturated rings. The Kier molecular flexibility index (Phi) is 4.36. The molecule has 7 heteroatoms. The number of methoxy groups -OCH3 is 1. The van der Waals surface area contributed by atoms with E-state index in [-0.39, 0.29) is 4.90 Å². The molecule has 0 N–H and O–H groups in total. The molecule has 0 aliphatic heterocycles. The molecule has 0 radical (unpaired) electrons. The normalized spacial score (nSPS) is 11.1. The zero-order valence-electron chi connectivity index (χ0n) is 9.67. The van der Waals surface area contributed by atoms with E-state index in [1.807, 2.05) is 0 Å². The van der Waals surface area contributed by atoms with Gasteiger partial charge in [0.1, 0.15) is 11.4 Å². The summed E-state index contributed by atoms with van der Waals surface area (Å²) in [5.74, 6) is 0.444. The minimum absolute atomic E-state index is 0.132. The Morgan fingerprint density at radius 1 is 1.41 bits per heavy atom. The van der Waals surface area contributed by atoms with Crippen LogP contribution in [0, 0.1) is 0 Å². The molecule has 0 spiro atoms. The standard InChI is InChI=1S/C10H12N2O3S2/c1-12(2)17(13,14)8-4-5-10(15-3)9(6-8)11-7-16/h4-6H,1-3H3. The Hall–Kier alpha value is -1.27. The van der Waals surface area contributed by atoms with Crippen molar-refractivity contribution in [2.45, 2.75) is 4.90 Å². The molecule has 0 saturated carbocycles. The highest BCUT2D eigenvalue weighted by molar-refractivity contribution is 7.89. The average molecular weight is 272 g/mol. The van der Waals surface area contributed by atoms with Gasteiger partial charge in [0.05, 0.1) is 17.2 Å². The second kappa shape index (κ2) is 5.37. The highest BCUT2D eigenvalue weighted by Crippen LogP contribution is 2.30. The molecule has 0 aromatic heterocycles. The van der Waals surface area contributed by atoms with Crippen LogP contribution in [0.3, 0.4) is 0 Å². The summed E-state index contributed by atoms with van der Waals surface area (Å²) in [4.78, 5) is 3.90. The number of aliphatic imine (C=N–C) groups is 1. The van der Waals surface area contributed by atoms with Gasteiger partial charge in [-0.2, -0.15) is 4.99 Å². The van der Waals surface area contributed by atoms with Gasteiger partial charge in [0.15, 0.2) is 0 Å². The van der Waals surface area contributed by atoms with E-state index in [9.17, 15) is 8.42 Å². The number of nitrogens with zero attached hydrogens (tertiary/aromatic N) is 2. The number of thiocarbonyl (C=S) groups is 1. The van der Waals surface area contributed by atoms with Crippen molar-refractivity contribution >= 4 is 33.1 Å². The first-order chi connectivity index (χ1) is 7.93. The summed E-state index contributed by atoms with van der Waals surface area (Å²) in [7, 11) is 0.903. The van der Waals surface area contributed by atoms with Crippen molar-refractivity contribution in [1.29, 1.82) is 0 Å². The Bertz CT molecular complexity index is 561. The fourth-order valence-electron chi connectivity index (χ4n) is 1.18. The molecular formula is C10H12N2O3S2. The van der Waals surface area contributed by atoms with Gasteiger partial charge in [-0.3, -0.25) is 0 Å². The van der Waals surface area contributed by atoms with Gasteiger partial charge in [-0.15, -0.1) is 0 Å². The van der Waals surface area contributed by atoms with Crippen molar-refractivity contribution < 1.29 is 13.2 Å². The van der Waals surface area contributed by atoms with Crippen LogP contribution >= 0.6 is 12.2 Å². The molecule has 0 unspecified atom stereocenters. The molecule has 0 heterocycles. The number of ether oxygens (including phenoxy) is 1. The van der Waals surface area contributed by atoms with Gasteiger partial charge in [-0.1, -0.05) is 0 Å². The van der Waals surface area contributed by atoms with Crippen LogP contribution in [0.4, 0.5) is 5.69 Å². The fourth-order valence-corrected chi connectivity index (χ4v) is 2.20. The molecule has 92 valence electrons. The Morgan fingerprint density at radius 2 is 2.06 bits per heavy atom. The first-order valence-corrected chi connectivity index (χ1v) is 6.46. The Morgan fingerprint density at radius 3 is 2.53 bits per heavy atom. The van der Waals surface area contributed by atoms with Crippen LogP contribution in [0.1, 0.15) is 0 Å². The molecule has 0 aliphatic rings. The van der Waals surface area contributed by atoms with Crippen molar-refractivity contribution in [1.82, 2.24) is 4.31 Å². The lowest BCUT2D eigenvalue weighted by Crippen LogP contribution is -2.22.